The number of hydrogen-bond donors (Lipinski definition) is 2. The second-order valence-corrected chi connectivity index (χ2v) is 6.21. The largest absolute Gasteiger partial charge is 0.480 e. The lowest BCUT2D eigenvalue weighted by Gasteiger charge is -2.44. The number of rotatable bonds is 6. The predicted molar refractivity (Wildman–Crippen MR) is 86.7 cm³/mol. The van der Waals surface area contributed by atoms with Gasteiger partial charge in [-0.25, -0.2) is 0 Å². The first kappa shape index (κ1) is 17.7. The second-order valence-electron chi connectivity index (χ2n) is 6.21. The predicted octanol–water partition coefficient (Wildman–Crippen LogP) is 1.53. The van der Waals surface area contributed by atoms with Crippen molar-refractivity contribution in [2.45, 2.75) is 57.3 Å². The fraction of sp³-hybridized carbons (Fsp3) is 0.647. The topological polar surface area (TPSA) is 78.9 Å². The zero-order valence-corrected chi connectivity index (χ0v) is 13.8. The molecule has 2 heterocycles. The Hall–Kier alpha value is -1.66. The van der Waals surface area contributed by atoms with Gasteiger partial charge in [0.1, 0.15) is 12.8 Å². The van der Waals surface area contributed by atoms with Gasteiger partial charge in [0, 0.05) is 13.0 Å². The van der Waals surface area contributed by atoms with E-state index in [1.807, 2.05) is 30.1 Å². The zero-order valence-electron chi connectivity index (χ0n) is 13.8. The molecule has 0 saturated carbocycles. The minimum absolute atomic E-state index is 0.0558. The lowest BCUT2D eigenvalue weighted by atomic mass is 9.87. The fourth-order valence-corrected chi connectivity index (χ4v) is 3.78. The third kappa shape index (κ3) is 3.82. The Morgan fingerprint density at radius 3 is 2.78 bits per heavy atom. The maximum Gasteiger partial charge on any atom is 0.321 e. The van der Waals surface area contributed by atoms with Crippen LogP contribution in [0.4, 0.5) is 0 Å². The van der Waals surface area contributed by atoms with Crippen molar-refractivity contribution in [2.75, 3.05) is 6.73 Å². The number of allylic oxidation sites excluding steroid dienone is 2. The highest BCUT2D eigenvalue weighted by molar-refractivity contribution is 5.75. The van der Waals surface area contributed by atoms with Crippen molar-refractivity contribution in [2.24, 2.45) is 5.92 Å². The molecule has 2 rings (SSSR count). The van der Waals surface area contributed by atoms with Crippen LogP contribution in [0.5, 0.6) is 0 Å². The van der Waals surface area contributed by atoms with Gasteiger partial charge in [-0.05, 0) is 32.1 Å². The summed E-state index contributed by atoms with van der Waals surface area (Å²) in [5.41, 5.74) is 0. The molecular weight excluding hydrogens is 296 g/mol. The Kier molecular flexibility index (Phi) is 5.96. The van der Waals surface area contributed by atoms with Crippen LogP contribution in [0.15, 0.2) is 24.8 Å². The van der Waals surface area contributed by atoms with Crippen LogP contribution >= 0.6 is 0 Å². The number of ether oxygens (including phenoxy) is 1. The third-order valence-electron chi connectivity index (χ3n) is 4.67. The fourth-order valence-electron chi connectivity index (χ4n) is 3.78. The number of nitrogens with one attached hydrogen (secondary N) is 1. The molecule has 0 unspecified atom stereocenters. The van der Waals surface area contributed by atoms with Crippen LogP contribution in [-0.2, 0) is 14.3 Å². The van der Waals surface area contributed by atoms with E-state index >= 15 is 0 Å². The second kappa shape index (κ2) is 7.75. The SMILES string of the molecule is C=CCC[C@@H]1OCN2[C@@H]([C@H]1NC(C)=O)[C@H](/C=C\C)C[C@@H]2C(=O)O. The maximum atomic E-state index is 11.7. The molecule has 6 heteroatoms. The number of carboxylic acid groups (broad SMARTS) is 1. The average molecular weight is 322 g/mol. The summed E-state index contributed by atoms with van der Waals surface area (Å²) in [6, 6.07) is -0.843. The van der Waals surface area contributed by atoms with E-state index < -0.39 is 12.0 Å². The summed E-state index contributed by atoms with van der Waals surface area (Å²) >= 11 is 0. The molecule has 0 spiro atoms. The van der Waals surface area contributed by atoms with E-state index in [4.69, 9.17) is 4.74 Å². The summed E-state index contributed by atoms with van der Waals surface area (Å²) in [7, 11) is 0. The smallest absolute Gasteiger partial charge is 0.321 e. The van der Waals surface area contributed by atoms with E-state index in [0.717, 1.165) is 12.8 Å². The van der Waals surface area contributed by atoms with Crippen LogP contribution in [0.25, 0.3) is 0 Å². The summed E-state index contributed by atoms with van der Waals surface area (Å²) in [6.45, 7) is 7.44. The molecule has 0 aromatic carbocycles. The Labute approximate surface area is 137 Å². The Morgan fingerprint density at radius 1 is 1.48 bits per heavy atom. The van der Waals surface area contributed by atoms with Crippen LogP contribution in [0.3, 0.4) is 0 Å². The van der Waals surface area contributed by atoms with Crippen LogP contribution in [-0.4, -0.2) is 52.8 Å². The lowest BCUT2D eigenvalue weighted by molar-refractivity contribution is -0.156. The lowest BCUT2D eigenvalue weighted by Crippen LogP contribution is -2.63. The zero-order chi connectivity index (χ0) is 17.0. The molecule has 6 nitrogen and oxygen atoms in total. The Bertz CT molecular complexity index is 491. The molecule has 1 amide bonds. The van der Waals surface area contributed by atoms with E-state index in [1.165, 1.54) is 6.92 Å². The highest BCUT2D eigenvalue weighted by atomic mass is 16.5. The van der Waals surface area contributed by atoms with Crippen molar-refractivity contribution in [1.29, 1.82) is 0 Å². The molecule has 2 aliphatic heterocycles. The minimum Gasteiger partial charge on any atom is -0.480 e. The molecule has 2 fully saturated rings. The Morgan fingerprint density at radius 2 is 2.22 bits per heavy atom. The molecule has 0 aromatic rings. The molecule has 0 aromatic heterocycles. The Balaban J connectivity index is 2.29. The van der Waals surface area contributed by atoms with Gasteiger partial charge >= 0.3 is 5.97 Å². The number of aliphatic carboxylic acids is 1. The molecule has 2 aliphatic rings. The first-order valence-corrected chi connectivity index (χ1v) is 8.10. The van der Waals surface area contributed by atoms with Crippen LogP contribution < -0.4 is 5.32 Å². The summed E-state index contributed by atoms with van der Waals surface area (Å²) < 4.78 is 5.89. The highest BCUT2D eigenvalue weighted by Crippen LogP contribution is 2.38. The molecule has 128 valence electrons. The van der Waals surface area contributed by atoms with Gasteiger partial charge in [0.25, 0.3) is 0 Å². The molecular formula is C17H26N2O4. The molecule has 2 saturated heterocycles. The normalized spacial score (nSPS) is 34.3. The van der Waals surface area contributed by atoms with Crippen molar-refractivity contribution >= 4 is 11.9 Å². The number of carbonyl (C=O) groups excluding carboxylic acids is 1. The van der Waals surface area contributed by atoms with Crippen molar-refractivity contribution in [3.05, 3.63) is 24.8 Å². The van der Waals surface area contributed by atoms with Crippen LogP contribution in [0.1, 0.15) is 33.1 Å². The summed E-state index contributed by atoms with van der Waals surface area (Å²) in [5.74, 6) is -0.869. The molecule has 0 aliphatic carbocycles. The number of fused-ring (bicyclic) bond motifs is 1. The van der Waals surface area contributed by atoms with Crippen LogP contribution in [0, 0.1) is 5.92 Å². The summed E-state index contributed by atoms with van der Waals surface area (Å²) in [6.07, 6.45) is 7.80. The van der Waals surface area contributed by atoms with E-state index in [-0.39, 0.29) is 36.7 Å². The van der Waals surface area contributed by atoms with E-state index in [2.05, 4.69) is 11.9 Å². The van der Waals surface area contributed by atoms with E-state index in [9.17, 15) is 14.7 Å². The first-order chi connectivity index (χ1) is 11.0. The number of carbonyl (C=O) groups is 2. The van der Waals surface area contributed by atoms with E-state index in [1.54, 1.807) is 0 Å². The molecule has 5 atom stereocenters. The summed E-state index contributed by atoms with van der Waals surface area (Å²) in [5, 5.41) is 12.5. The van der Waals surface area contributed by atoms with Crippen molar-refractivity contribution in [3.63, 3.8) is 0 Å². The first-order valence-electron chi connectivity index (χ1n) is 8.10. The molecule has 2 N–H and O–H groups in total. The number of hydrogen-bond acceptors (Lipinski definition) is 4. The maximum absolute atomic E-state index is 11.7. The van der Waals surface area contributed by atoms with Gasteiger partial charge in [0.15, 0.2) is 0 Å². The molecule has 0 bridgehead atoms. The number of amides is 1. The van der Waals surface area contributed by atoms with Crippen molar-refractivity contribution < 1.29 is 19.4 Å². The monoisotopic (exact) mass is 322 g/mol. The minimum atomic E-state index is -0.836. The van der Waals surface area contributed by atoms with Crippen molar-refractivity contribution in [3.8, 4) is 0 Å². The van der Waals surface area contributed by atoms with Gasteiger partial charge in [0.05, 0.1) is 12.1 Å². The summed E-state index contributed by atoms with van der Waals surface area (Å²) in [4.78, 5) is 25.1. The third-order valence-corrected chi connectivity index (χ3v) is 4.67. The van der Waals surface area contributed by atoms with E-state index in [0.29, 0.717) is 6.42 Å². The van der Waals surface area contributed by atoms with Gasteiger partial charge in [-0.3, -0.25) is 14.5 Å². The average Bonchev–Trinajstić information content (AvgIpc) is 2.85. The number of carboxylic acids is 1. The number of nitrogens with zero attached hydrogens (tertiary/aromatic N) is 1. The quantitative estimate of drug-likeness (QED) is 0.725. The standard InChI is InChI=1S/C17H26N2O4/c1-4-6-8-14-15(18-11(3)20)16-12(7-5-2)9-13(17(21)22)19(16)10-23-14/h4-5,7,12-16H,1,6,8-10H2,2-3H3,(H,18,20)(H,21,22)/b7-5-/t12-,13-,14+,15+,16-/m1/s1. The van der Waals surface area contributed by atoms with Gasteiger partial charge in [-0.2, -0.15) is 0 Å². The highest BCUT2D eigenvalue weighted by Gasteiger charge is 2.51. The van der Waals surface area contributed by atoms with Crippen molar-refractivity contribution in [1.82, 2.24) is 10.2 Å². The molecule has 23 heavy (non-hydrogen) atoms. The van der Waals surface area contributed by atoms with Gasteiger partial charge in [-0.1, -0.05) is 18.2 Å². The van der Waals surface area contributed by atoms with Gasteiger partial charge in [-0.15, -0.1) is 6.58 Å². The molecule has 0 radical (unpaired) electrons. The van der Waals surface area contributed by atoms with Crippen LogP contribution in [0.2, 0.25) is 0 Å². The van der Waals surface area contributed by atoms with Gasteiger partial charge in [0.2, 0.25) is 5.91 Å². The van der Waals surface area contributed by atoms with Gasteiger partial charge < -0.3 is 15.2 Å².